The van der Waals surface area contributed by atoms with Gasteiger partial charge >= 0.3 is 5.97 Å². The first-order valence-electron chi connectivity index (χ1n) is 8.55. The molecule has 1 heterocycles. The number of carboxylic acid groups (broad SMARTS) is 1. The molecule has 4 nitrogen and oxygen atoms in total. The van der Waals surface area contributed by atoms with Crippen molar-refractivity contribution >= 4 is 28.9 Å². The van der Waals surface area contributed by atoms with E-state index in [1.54, 1.807) is 6.07 Å². The van der Waals surface area contributed by atoms with Crippen molar-refractivity contribution in [3.05, 3.63) is 58.1 Å². The molecule has 0 saturated carbocycles. The summed E-state index contributed by atoms with van der Waals surface area (Å²) < 4.78 is 0. The van der Waals surface area contributed by atoms with Crippen molar-refractivity contribution in [2.45, 2.75) is 32.7 Å². The molecule has 1 aliphatic rings. The quantitative estimate of drug-likeness (QED) is 0.829. The first kappa shape index (κ1) is 17.6. The van der Waals surface area contributed by atoms with E-state index in [-0.39, 0.29) is 0 Å². The number of nitrogens with one attached hydrogen (secondary N) is 1. The molecule has 0 radical (unpaired) electrons. The van der Waals surface area contributed by atoms with E-state index in [0.29, 0.717) is 11.6 Å². The number of halogens is 1. The minimum absolute atomic E-state index is 0.346. The van der Waals surface area contributed by atoms with Gasteiger partial charge in [-0.25, -0.2) is 4.79 Å². The molecule has 1 saturated heterocycles. The van der Waals surface area contributed by atoms with E-state index in [4.69, 9.17) is 11.6 Å². The van der Waals surface area contributed by atoms with E-state index in [0.717, 1.165) is 53.5 Å². The first-order valence-corrected chi connectivity index (χ1v) is 8.93. The number of carbonyl (C=O) groups is 1. The minimum atomic E-state index is -0.878. The molecular formula is C20H23ClN2O2. The van der Waals surface area contributed by atoms with Crippen molar-refractivity contribution in [3.8, 4) is 0 Å². The van der Waals surface area contributed by atoms with Crippen molar-refractivity contribution in [2.75, 3.05) is 23.3 Å². The zero-order valence-corrected chi connectivity index (χ0v) is 15.3. The molecule has 0 unspecified atom stereocenters. The van der Waals surface area contributed by atoms with Crippen LogP contribution in [0, 0.1) is 13.8 Å². The van der Waals surface area contributed by atoms with Crippen LogP contribution in [0.2, 0.25) is 5.02 Å². The van der Waals surface area contributed by atoms with Gasteiger partial charge in [-0.3, -0.25) is 0 Å². The maximum absolute atomic E-state index is 11.4. The van der Waals surface area contributed by atoms with Gasteiger partial charge in [0.05, 0.1) is 5.56 Å². The van der Waals surface area contributed by atoms with Crippen LogP contribution in [0.25, 0.3) is 0 Å². The van der Waals surface area contributed by atoms with Gasteiger partial charge < -0.3 is 15.3 Å². The number of aryl methyl sites for hydroxylation is 2. The van der Waals surface area contributed by atoms with Crippen LogP contribution >= 0.6 is 11.6 Å². The van der Waals surface area contributed by atoms with Crippen LogP contribution in [0.3, 0.4) is 0 Å². The van der Waals surface area contributed by atoms with Crippen LogP contribution in [0.5, 0.6) is 0 Å². The molecule has 0 aromatic heterocycles. The number of anilines is 2. The highest BCUT2D eigenvalue weighted by molar-refractivity contribution is 6.30. The van der Waals surface area contributed by atoms with Crippen LogP contribution < -0.4 is 10.2 Å². The highest BCUT2D eigenvalue weighted by Crippen LogP contribution is 2.26. The van der Waals surface area contributed by atoms with Gasteiger partial charge in [0.1, 0.15) is 0 Å². The summed E-state index contributed by atoms with van der Waals surface area (Å²) in [5, 5.41) is 13.6. The molecule has 2 aromatic rings. The van der Waals surface area contributed by atoms with Gasteiger partial charge in [-0.1, -0.05) is 23.7 Å². The van der Waals surface area contributed by atoms with E-state index in [1.807, 2.05) is 38.1 Å². The second-order valence-electron chi connectivity index (χ2n) is 6.67. The average molecular weight is 359 g/mol. The fourth-order valence-electron chi connectivity index (χ4n) is 3.41. The number of hydrogen-bond donors (Lipinski definition) is 2. The molecule has 0 atom stereocenters. The lowest BCUT2D eigenvalue weighted by Gasteiger charge is -2.34. The van der Waals surface area contributed by atoms with Crippen molar-refractivity contribution in [1.82, 2.24) is 0 Å². The Bertz CT molecular complexity index is 783. The highest BCUT2D eigenvalue weighted by atomic mass is 35.5. The number of rotatable bonds is 4. The van der Waals surface area contributed by atoms with Crippen LogP contribution in [-0.2, 0) is 0 Å². The zero-order chi connectivity index (χ0) is 18.0. The van der Waals surface area contributed by atoms with Crippen LogP contribution in [-0.4, -0.2) is 30.2 Å². The fourth-order valence-corrected chi connectivity index (χ4v) is 3.60. The third-order valence-corrected chi connectivity index (χ3v) is 5.06. The Morgan fingerprint density at radius 3 is 2.52 bits per heavy atom. The topological polar surface area (TPSA) is 52.6 Å². The number of carboxylic acids is 1. The fraction of sp³-hybridized carbons (Fsp3) is 0.350. The molecule has 1 fully saturated rings. The molecule has 3 rings (SSSR count). The monoisotopic (exact) mass is 358 g/mol. The van der Waals surface area contributed by atoms with E-state index < -0.39 is 5.97 Å². The molecule has 1 aliphatic heterocycles. The van der Waals surface area contributed by atoms with E-state index in [2.05, 4.69) is 16.3 Å². The molecule has 5 heteroatoms. The van der Waals surface area contributed by atoms with Gasteiger partial charge in [0.15, 0.2) is 0 Å². The molecule has 0 spiro atoms. The van der Waals surface area contributed by atoms with E-state index in [9.17, 15) is 9.90 Å². The molecule has 0 aliphatic carbocycles. The average Bonchev–Trinajstić information content (AvgIpc) is 2.57. The largest absolute Gasteiger partial charge is 0.478 e. The van der Waals surface area contributed by atoms with Gasteiger partial charge in [-0.15, -0.1) is 0 Å². The third kappa shape index (κ3) is 4.07. The third-order valence-electron chi connectivity index (χ3n) is 4.83. The van der Waals surface area contributed by atoms with Crippen LogP contribution in [0.15, 0.2) is 36.4 Å². The molecule has 0 amide bonds. The number of hydrogen-bond acceptors (Lipinski definition) is 3. The summed E-state index contributed by atoms with van der Waals surface area (Å²) in [5.74, 6) is -0.878. The summed E-state index contributed by atoms with van der Waals surface area (Å²) in [5.41, 5.74) is 4.32. The van der Waals surface area contributed by atoms with Crippen molar-refractivity contribution < 1.29 is 9.90 Å². The van der Waals surface area contributed by atoms with Gasteiger partial charge in [0, 0.05) is 35.5 Å². The number of piperidine rings is 1. The number of benzene rings is 2. The Kier molecular flexibility index (Phi) is 5.19. The smallest absolute Gasteiger partial charge is 0.336 e. The maximum Gasteiger partial charge on any atom is 0.336 e. The molecule has 2 N–H and O–H groups in total. The molecule has 132 valence electrons. The Morgan fingerprint density at radius 1 is 1.16 bits per heavy atom. The lowest BCUT2D eigenvalue weighted by Crippen LogP contribution is -2.39. The Hall–Kier alpha value is -2.20. The highest BCUT2D eigenvalue weighted by Gasteiger charge is 2.20. The molecule has 0 bridgehead atoms. The second kappa shape index (κ2) is 7.36. The normalized spacial score (nSPS) is 15.2. The van der Waals surface area contributed by atoms with Crippen molar-refractivity contribution in [3.63, 3.8) is 0 Å². The summed E-state index contributed by atoms with van der Waals surface area (Å²) in [7, 11) is 0. The van der Waals surface area contributed by atoms with E-state index in [1.165, 1.54) is 0 Å². The SMILES string of the molecule is Cc1cc(C)c(C(=O)O)cc1NC1CCN(c2cccc(Cl)c2)CC1. The van der Waals surface area contributed by atoms with Gasteiger partial charge in [-0.2, -0.15) is 0 Å². The lowest BCUT2D eigenvalue weighted by molar-refractivity contribution is 0.0696. The Balaban J connectivity index is 1.66. The second-order valence-corrected chi connectivity index (χ2v) is 7.11. The maximum atomic E-state index is 11.4. The summed E-state index contributed by atoms with van der Waals surface area (Å²) in [4.78, 5) is 13.7. The number of nitrogens with zero attached hydrogens (tertiary/aromatic N) is 1. The van der Waals surface area contributed by atoms with Crippen molar-refractivity contribution in [2.24, 2.45) is 0 Å². The van der Waals surface area contributed by atoms with Gasteiger partial charge in [-0.05, 0) is 62.1 Å². The van der Waals surface area contributed by atoms with E-state index >= 15 is 0 Å². The summed E-state index contributed by atoms with van der Waals surface area (Å²) in [6.45, 7) is 5.76. The minimum Gasteiger partial charge on any atom is -0.478 e. The van der Waals surface area contributed by atoms with Gasteiger partial charge in [0.25, 0.3) is 0 Å². The van der Waals surface area contributed by atoms with Crippen LogP contribution in [0.4, 0.5) is 11.4 Å². The van der Waals surface area contributed by atoms with Crippen molar-refractivity contribution in [1.29, 1.82) is 0 Å². The Labute approximate surface area is 153 Å². The van der Waals surface area contributed by atoms with Crippen LogP contribution in [0.1, 0.15) is 34.3 Å². The zero-order valence-electron chi connectivity index (χ0n) is 14.6. The summed E-state index contributed by atoms with van der Waals surface area (Å²) in [6.07, 6.45) is 2.00. The predicted octanol–water partition coefficient (Wildman–Crippen LogP) is 4.74. The molecule has 25 heavy (non-hydrogen) atoms. The molecule has 2 aromatic carbocycles. The Morgan fingerprint density at radius 2 is 1.88 bits per heavy atom. The number of aromatic carboxylic acids is 1. The lowest BCUT2D eigenvalue weighted by atomic mass is 10.0. The summed E-state index contributed by atoms with van der Waals surface area (Å²) in [6, 6.07) is 12.0. The molecular weight excluding hydrogens is 336 g/mol. The first-order chi connectivity index (χ1) is 11.9. The summed E-state index contributed by atoms with van der Waals surface area (Å²) >= 11 is 6.08. The standard InChI is InChI=1S/C20H23ClN2O2/c1-13-10-14(2)19(12-18(13)20(24)25)22-16-6-8-23(9-7-16)17-5-3-4-15(21)11-17/h3-5,10-12,16,22H,6-9H2,1-2H3,(H,24,25). The predicted molar refractivity (Wildman–Crippen MR) is 103 cm³/mol. The van der Waals surface area contributed by atoms with Gasteiger partial charge in [0.2, 0.25) is 0 Å².